The summed E-state index contributed by atoms with van der Waals surface area (Å²) in [5, 5.41) is 12.2. The number of imidazole rings is 1. The van der Waals surface area contributed by atoms with E-state index in [0.717, 1.165) is 16.6 Å². The van der Waals surface area contributed by atoms with Crippen LogP contribution in [0.15, 0.2) is 59.1 Å². The molecule has 0 saturated carbocycles. The van der Waals surface area contributed by atoms with E-state index in [0.29, 0.717) is 38.9 Å². The van der Waals surface area contributed by atoms with Gasteiger partial charge in [0.05, 0.1) is 33.8 Å². The predicted molar refractivity (Wildman–Crippen MR) is 119 cm³/mol. The first-order valence-electron chi connectivity index (χ1n) is 9.16. The van der Waals surface area contributed by atoms with Crippen molar-refractivity contribution in [1.29, 1.82) is 0 Å². The minimum Gasteiger partial charge on any atom is -0.480 e. The number of aromatic nitrogens is 5. The number of nitrogens with zero attached hydrogens (tertiary/aromatic N) is 4. The summed E-state index contributed by atoms with van der Waals surface area (Å²) in [5.74, 6) is 1.35. The molecule has 0 aliphatic carbocycles. The molecule has 0 spiro atoms. The van der Waals surface area contributed by atoms with Gasteiger partial charge in [0.15, 0.2) is 0 Å². The first-order valence-corrected chi connectivity index (χ1v) is 9.92. The summed E-state index contributed by atoms with van der Waals surface area (Å²) < 4.78 is 11.0. The van der Waals surface area contributed by atoms with Gasteiger partial charge in [-0.05, 0) is 42.5 Å². The number of hydrogen-bond donors (Lipinski definition) is 2. The van der Waals surface area contributed by atoms with Gasteiger partial charge < -0.3 is 19.5 Å². The van der Waals surface area contributed by atoms with Crippen LogP contribution in [0.2, 0.25) is 10.0 Å². The van der Waals surface area contributed by atoms with Gasteiger partial charge in [0.1, 0.15) is 11.5 Å². The number of fused-ring (bicyclic) bond motifs is 1. The molecule has 5 aromatic rings. The quantitative estimate of drug-likeness (QED) is 0.350. The molecule has 5 rings (SSSR count). The van der Waals surface area contributed by atoms with Gasteiger partial charge >= 0.3 is 6.01 Å². The van der Waals surface area contributed by atoms with E-state index in [2.05, 4.69) is 30.5 Å². The number of hydrogen-bond acceptors (Lipinski definition) is 7. The van der Waals surface area contributed by atoms with Gasteiger partial charge in [-0.25, -0.2) is 9.97 Å². The van der Waals surface area contributed by atoms with Gasteiger partial charge in [-0.15, -0.1) is 5.10 Å². The molecule has 31 heavy (non-hydrogen) atoms. The van der Waals surface area contributed by atoms with Crippen LogP contribution in [0, 0.1) is 0 Å². The van der Waals surface area contributed by atoms with Crippen molar-refractivity contribution in [2.24, 2.45) is 0 Å². The maximum absolute atomic E-state index is 6.31. The minimum absolute atomic E-state index is 0.217. The van der Waals surface area contributed by atoms with Crippen molar-refractivity contribution in [3.05, 3.63) is 64.8 Å². The number of ether oxygens (including phenoxy) is 1. The zero-order chi connectivity index (χ0) is 21.4. The van der Waals surface area contributed by atoms with Crippen molar-refractivity contribution < 1.29 is 9.15 Å². The molecule has 10 heteroatoms. The lowest BCUT2D eigenvalue weighted by Gasteiger charge is -2.05. The molecule has 0 bridgehead atoms. The van der Waals surface area contributed by atoms with Crippen LogP contribution in [-0.4, -0.2) is 32.3 Å². The molecule has 0 fully saturated rings. The van der Waals surface area contributed by atoms with Crippen LogP contribution in [-0.2, 0) is 0 Å². The Balaban J connectivity index is 1.46. The van der Waals surface area contributed by atoms with Gasteiger partial charge in [0, 0.05) is 11.8 Å². The molecule has 0 radical (unpaired) electrons. The molecule has 0 unspecified atom stereocenters. The summed E-state index contributed by atoms with van der Waals surface area (Å²) in [5.41, 5.74) is 3.54. The average molecular weight is 453 g/mol. The van der Waals surface area contributed by atoms with Crippen LogP contribution in [0.1, 0.15) is 0 Å². The van der Waals surface area contributed by atoms with Crippen LogP contribution >= 0.6 is 23.2 Å². The molecular weight excluding hydrogens is 439 g/mol. The standard InChI is InChI=1S/C21H14Cl2N6O2/c1-30-20-15(6-3-9-24-20)27-21-29-28-19(31-21)11-7-8-14-16(10-11)26-18(25-14)17-12(22)4-2-5-13(17)23/h2-10H,1H3,(H,25,26)(H,27,29). The maximum Gasteiger partial charge on any atom is 0.320 e. The molecule has 3 aromatic heterocycles. The van der Waals surface area contributed by atoms with Crippen molar-refractivity contribution in [3.63, 3.8) is 0 Å². The van der Waals surface area contributed by atoms with Crippen LogP contribution in [0.25, 0.3) is 33.9 Å². The van der Waals surface area contributed by atoms with E-state index >= 15 is 0 Å². The normalized spacial score (nSPS) is 11.1. The first kappa shape index (κ1) is 19.3. The lowest BCUT2D eigenvalue weighted by Crippen LogP contribution is -1.96. The third-order valence-corrected chi connectivity index (χ3v) is 5.19. The molecule has 0 saturated heterocycles. The number of methoxy groups -OCH3 is 1. The summed E-state index contributed by atoms with van der Waals surface area (Å²) in [4.78, 5) is 12.0. The Hall–Kier alpha value is -3.62. The van der Waals surface area contributed by atoms with Crippen LogP contribution < -0.4 is 10.1 Å². The van der Waals surface area contributed by atoms with E-state index in [-0.39, 0.29) is 6.01 Å². The Morgan fingerprint density at radius 1 is 1.03 bits per heavy atom. The highest BCUT2D eigenvalue weighted by atomic mass is 35.5. The SMILES string of the molecule is COc1ncccc1Nc1nnc(-c2ccc3nc(-c4c(Cl)cccc4Cl)[nH]c3c2)o1. The molecule has 8 nitrogen and oxygen atoms in total. The third-order valence-electron chi connectivity index (χ3n) is 4.56. The van der Waals surface area contributed by atoms with Crippen molar-refractivity contribution in [3.8, 4) is 28.7 Å². The van der Waals surface area contributed by atoms with E-state index in [9.17, 15) is 0 Å². The lowest BCUT2D eigenvalue weighted by atomic mass is 10.2. The Bertz CT molecular complexity index is 1380. The van der Waals surface area contributed by atoms with Crippen LogP contribution in [0.3, 0.4) is 0 Å². The number of anilines is 2. The number of pyridine rings is 1. The number of halogens is 2. The Labute approximate surface area is 186 Å². The first-order chi connectivity index (χ1) is 15.1. The van der Waals surface area contributed by atoms with Crippen molar-refractivity contribution in [2.75, 3.05) is 12.4 Å². The van der Waals surface area contributed by atoms with Crippen LogP contribution in [0.4, 0.5) is 11.7 Å². The second-order valence-corrected chi connectivity index (χ2v) is 7.33. The number of H-pyrrole nitrogens is 1. The monoisotopic (exact) mass is 452 g/mol. The van der Waals surface area contributed by atoms with E-state index in [1.165, 1.54) is 7.11 Å². The minimum atomic E-state index is 0.217. The maximum atomic E-state index is 6.31. The number of rotatable bonds is 5. The highest BCUT2D eigenvalue weighted by Crippen LogP contribution is 2.34. The fourth-order valence-electron chi connectivity index (χ4n) is 3.14. The van der Waals surface area contributed by atoms with Gasteiger partial charge in [-0.3, -0.25) is 0 Å². The molecule has 2 aromatic carbocycles. The lowest BCUT2D eigenvalue weighted by molar-refractivity contribution is 0.400. The molecule has 0 atom stereocenters. The molecular formula is C21H14Cl2N6O2. The smallest absolute Gasteiger partial charge is 0.320 e. The Morgan fingerprint density at radius 2 is 1.87 bits per heavy atom. The number of aromatic amines is 1. The van der Waals surface area contributed by atoms with E-state index in [4.69, 9.17) is 32.4 Å². The highest BCUT2D eigenvalue weighted by Gasteiger charge is 2.15. The summed E-state index contributed by atoms with van der Waals surface area (Å²) in [6, 6.07) is 14.7. The molecule has 2 N–H and O–H groups in total. The topological polar surface area (TPSA) is 102 Å². The van der Waals surface area contributed by atoms with E-state index in [1.54, 1.807) is 36.5 Å². The highest BCUT2D eigenvalue weighted by molar-refractivity contribution is 6.39. The summed E-state index contributed by atoms with van der Waals surface area (Å²) in [6.45, 7) is 0. The van der Waals surface area contributed by atoms with Crippen LogP contribution in [0.5, 0.6) is 5.88 Å². The average Bonchev–Trinajstić information content (AvgIpc) is 3.40. The van der Waals surface area contributed by atoms with E-state index in [1.807, 2.05) is 18.2 Å². The summed E-state index contributed by atoms with van der Waals surface area (Å²) in [6.07, 6.45) is 1.63. The van der Waals surface area contributed by atoms with Crippen molar-refractivity contribution in [2.45, 2.75) is 0 Å². The van der Waals surface area contributed by atoms with Gasteiger partial charge in [-0.2, -0.15) is 0 Å². The summed E-state index contributed by atoms with van der Waals surface area (Å²) >= 11 is 12.6. The van der Waals surface area contributed by atoms with Gasteiger partial charge in [0.2, 0.25) is 11.8 Å². The van der Waals surface area contributed by atoms with Gasteiger partial charge in [0.25, 0.3) is 0 Å². The second-order valence-electron chi connectivity index (χ2n) is 6.51. The number of benzene rings is 2. The largest absolute Gasteiger partial charge is 0.480 e. The van der Waals surface area contributed by atoms with E-state index < -0.39 is 0 Å². The molecule has 154 valence electrons. The fraction of sp³-hybridized carbons (Fsp3) is 0.0476. The molecule has 3 heterocycles. The fourth-order valence-corrected chi connectivity index (χ4v) is 3.72. The molecule has 0 aliphatic rings. The zero-order valence-corrected chi connectivity index (χ0v) is 17.6. The van der Waals surface area contributed by atoms with Crippen molar-refractivity contribution >= 4 is 45.9 Å². The summed E-state index contributed by atoms with van der Waals surface area (Å²) in [7, 11) is 1.54. The number of nitrogens with one attached hydrogen (secondary N) is 2. The Kier molecular flexibility index (Phi) is 4.93. The second kappa shape index (κ2) is 7.90. The van der Waals surface area contributed by atoms with Gasteiger partial charge in [-0.1, -0.05) is 34.4 Å². The van der Waals surface area contributed by atoms with Crippen molar-refractivity contribution in [1.82, 2.24) is 25.1 Å². The third kappa shape index (κ3) is 3.67. The Morgan fingerprint density at radius 3 is 2.68 bits per heavy atom. The molecule has 0 amide bonds. The zero-order valence-electron chi connectivity index (χ0n) is 16.1. The predicted octanol–water partition coefficient (Wildman–Crippen LogP) is 5.73. The molecule has 0 aliphatic heterocycles.